The summed E-state index contributed by atoms with van der Waals surface area (Å²) in [5.41, 5.74) is 0.747. The number of hydrogen-bond donors (Lipinski definition) is 1. The van der Waals surface area contributed by atoms with Gasteiger partial charge >= 0.3 is 6.18 Å². The zero-order valence-corrected chi connectivity index (χ0v) is 10.4. The number of para-hydroxylation sites is 1. The summed E-state index contributed by atoms with van der Waals surface area (Å²) >= 11 is 0.803. The summed E-state index contributed by atoms with van der Waals surface area (Å²) in [5.74, 6) is -0.519. The van der Waals surface area contributed by atoms with Crippen LogP contribution in [0.25, 0.3) is 5.69 Å². The Morgan fingerprint density at radius 1 is 1.26 bits per heavy atom. The lowest BCUT2D eigenvalue weighted by atomic mass is 10.3. The summed E-state index contributed by atoms with van der Waals surface area (Å²) in [7, 11) is 0. The number of aromatic nitrogens is 3. The summed E-state index contributed by atoms with van der Waals surface area (Å²) < 4.78 is 38.1. The molecule has 0 saturated heterocycles. The van der Waals surface area contributed by atoms with Gasteiger partial charge in [0.25, 0.3) is 0 Å². The van der Waals surface area contributed by atoms with Crippen LogP contribution in [0.3, 0.4) is 0 Å². The number of alkyl halides is 3. The summed E-state index contributed by atoms with van der Waals surface area (Å²) in [5, 5.41) is 16.7. The van der Waals surface area contributed by atoms with Crippen LogP contribution in [0.15, 0.2) is 41.8 Å². The molecule has 1 heterocycles. The van der Waals surface area contributed by atoms with E-state index in [9.17, 15) is 13.2 Å². The van der Waals surface area contributed by atoms with E-state index in [-0.39, 0.29) is 0 Å². The van der Waals surface area contributed by atoms with Gasteiger partial charge < -0.3 is 5.11 Å². The molecule has 0 aliphatic heterocycles. The van der Waals surface area contributed by atoms with Gasteiger partial charge in [-0.25, -0.2) is 0 Å². The molecular formula is C11H10F3N3OS. The minimum Gasteiger partial charge on any atom is -0.383 e. The molecule has 0 aliphatic rings. The van der Waals surface area contributed by atoms with Crippen LogP contribution in [-0.2, 0) is 0 Å². The molecule has 0 bridgehead atoms. The Bertz CT molecular complexity index is 529. The fourth-order valence-corrected chi connectivity index (χ4v) is 2.23. The van der Waals surface area contributed by atoms with Crippen molar-refractivity contribution in [3.8, 4) is 5.69 Å². The molecule has 19 heavy (non-hydrogen) atoms. The fourth-order valence-electron chi connectivity index (χ4n) is 1.34. The van der Waals surface area contributed by atoms with Crippen molar-refractivity contribution in [1.29, 1.82) is 0 Å². The van der Waals surface area contributed by atoms with Gasteiger partial charge in [-0.05, 0) is 12.1 Å². The molecule has 1 atom stereocenters. The lowest BCUT2D eigenvalue weighted by Gasteiger charge is -2.13. The highest BCUT2D eigenvalue weighted by atomic mass is 32.2. The van der Waals surface area contributed by atoms with E-state index in [0.717, 1.165) is 17.4 Å². The highest BCUT2D eigenvalue weighted by molar-refractivity contribution is 7.99. The van der Waals surface area contributed by atoms with Crippen molar-refractivity contribution in [3.63, 3.8) is 0 Å². The topological polar surface area (TPSA) is 50.9 Å². The quantitative estimate of drug-likeness (QED) is 0.877. The van der Waals surface area contributed by atoms with E-state index in [2.05, 4.69) is 10.2 Å². The van der Waals surface area contributed by atoms with Gasteiger partial charge in [0.15, 0.2) is 11.3 Å². The lowest BCUT2D eigenvalue weighted by molar-refractivity contribution is -0.195. The average molecular weight is 289 g/mol. The Hall–Kier alpha value is -1.54. The van der Waals surface area contributed by atoms with Crippen LogP contribution in [0.4, 0.5) is 13.2 Å². The average Bonchev–Trinajstić information content (AvgIpc) is 2.84. The van der Waals surface area contributed by atoms with Crippen molar-refractivity contribution >= 4 is 11.8 Å². The Kier molecular flexibility index (Phi) is 4.11. The van der Waals surface area contributed by atoms with Crippen molar-refractivity contribution in [1.82, 2.24) is 14.8 Å². The van der Waals surface area contributed by atoms with Gasteiger partial charge in [-0.2, -0.15) is 13.2 Å². The maximum Gasteiger partial charge on any atom is 0.415 e. The van der Waals surface area contributed by atoms with E-state index >= 15 is 0 Å². The second-order valence-electron chi connectivity index (χ2n) is 3.69. The summed E-state index contributed by atoms with van der Waals surface area (Å²) in [6.45, 7) is 0. The van der Waals surface area contributed by atoms with Crippen LogP contribution >= 0.6 is 11.8 Å². The number of thioether (sulfide) groups is 1. The first kappa shape index (κ1) is 13.9. The van der Waals surface area contributed by atoms with Gasteiger partial charge in [-0.15, -0.1) is 10.2 Å². The Labute approximate surface area is 111 Å². The molecule has 1 aromatic heterocycles. The van der Waals surface area contributed by atoms with E-state index < -0.39 is 18.0 Å². The van der Waals surface area contributed by atoms with Crippen molar-refractivity contribution in [2.24, 2.45) is 0 Å². The number of aliphatic hydroxyl groups excluding tert-OH is 1. The normalized spacial score (nSPS) is 13.5. The monoisotopic (exact) mass is 289 g/mol. The molecule has 1 aromatic carbocycles. The Morgan fingerprint density at radius 3 is 2.58 bits per heavy atom. The molecule has 0 amide bonds. The van der Waals surface area contributed by atoms with E-state index in [4.69, 9.17) is 5.11 Å². The summed E-state index contributed by atoms with van der Waals surface area (Å²) in [6, 6.07) is 9.00. The molecule has 0 aliphatic carbocycles. The predicted molar refractivity (Wildman–Crippen MR) is 64.1 cm³/mol. The zero-order chi connectivity index (χ0) is 13.9. The van der Waals surface area contributed by atoms with Crippen LogP contribution < -0.4 is 0 Å². The molecule has 0 spiro atoms. The number of rotatable bonds is 4. The number of benzene rings is 1. The molecule has 2 rings (SSSR count). The number of hydrogen-bond acceptors (Lipinski definition) is 4. The minimum atomic E-state index is -4.62. The fraction of sp³-hybridized carbons (Fsp3) is 0.273. The Balaban J connectivity index is 2.09. The predicted octanol–water partition coefficient (Wildman–Crippen LogP) is 2.28. The molecule has 102 valence electrons. The van der Waals surface area contributed by atoms with Gasteiger partial charge in [0, 0.05) is 11.4 Å². The van der Waals surface area contributed by atoms with Crippen molar-refractivity contribution in [2.45, 2.75) is 17.4 Å². The summed E-state index contributed by atoms with van der Waals surface area (Å²) in [4.78, 5) is 0. The standard InChI is InChI=1S/C11H10F3N3OS/c12-11(13,14)9(18)6-19-10-16-15-7-17(10)8-4-2-1-3-5-8/h1-5,7,9,18H,6H2. The second-order valence-corrected chi connectivity index (χ2v) is 4.67. The smallest absolute Gasteiger partial charge is 0.383 e. The Morgan fingerprint density at radius 2 is 1.95 bits per heavy atom. The molecule has 0 fully saturated rings. The molecular weight excluding hydrogens is 279 g/mol. The highest BCUT2D eigenvalue weighted by Crippen LogP contribution is 2.26. The lowest BCUT2D eigenvalue weighted by Crippen LogP contribution is -2.30. The molecule has 8 heteroatoms. The number of nitrogens with zero attached hydrogens (tertiary/aromatic N) is 3. The molecule has 1 unspecified atom stereocenters. The third-order valence-corrected chi connectivity index (χ3v) is 3.32. The van der Waals surface area contributed by atoms with Crippen LogP contribution in [0, 0.1) is 0 Å². The second kappa shape index (κ2) is 5.62. The summed E-state index contributed by atoms with van der Waals surface area (Å²) in [6.07, 6.45) is -5.58. The van der Waals surface area contributed by atoms with Crippen molar-refractivity contribution in [3.05, 3.63) is 36.7 Å². The first-order valence-corrected chi connectivity index (χ1v) is 6.30. The molecule has 4 nitrogen and oxygen atoms in total. The highest BCUT2D eigenvalue weighted by Gasteiger charge is 2.38. The van der Waals surface area contributed by atoms with E-state index in [1.54, 1.807) is 28.8 Å². The van der Waals surface area contributed by atoms with Crippen LogP contribution in [-0.4, -0.2) is 37.9 Å². The van der Waals surface area contributed by atoms with E-state index in [0.29, 0.717) is 5.16 Å². The third kappa shape index (κ3) is 3.48. The largest absolute Gasteiger partial charge is 0.415 e. The maximum absolute atomic E-state index is 12.2. The maximum atomic E-state index is 12.2. The molecule has 0 saturated carbocycles. The van der Waals surface area contributed by atoms with Crippen LogP contribution in [0.2, 0.25) is 0 Å². The SMILES string of the molecule is OC(CSc1nncn1-c1ccccc1)C(F)(F)F. The molecule has 2 aromatic rings. The van der Waals surface area contributed by atoms with Crippen LogP contribution in [0.5, 0.6) is 0 Å². The van der Waals surface area contributed by atoms with E-state index in [1.807, 2.05) is 6.07 Å². The number of halogens is 3. The van der Waals surface area contributed by atoms with Gasteiger partial charge in [0.2, 0.25) is 0 Å². The van der Waals surface area contributed by atoms with Gasteiger partial charge in [0.1, 0.15) is 6.33 Å². The van der Waals surface area contributed by atoms with Gasteiger partial charge in [-0.1, -0.05) is 30.0 Å². The molecule has 0 radical (unpaired) electrons. The molecule has 1 N–H and O–H groups in total. The first-order valence-electron chi connectivity index (χ1n) is 5.31. The first-order chi connectivity index (χ1) is 8.98. The van der Waals surface area contributed by atoms with Gasteiger partial charge in [-0.3, -0.25) is 4.57 Å². The van der Waals surface area contributed by atoms with Crippen molar-refractivity contribution in [2.75, 3.05) is 5.75 Å². The zero-order valence-electron chi connectivity index (χ0n) is 9.58. The van der Waals surface area contributed by atoms with Crippen LogP contribution in [0.1, 0.15) is 0 Å². The number of aliphatic hydroxyl groups is 1. The third-order valence-electron chi connectivity index (χ3n) is 2.30. The van der Waals surface area contributed by atoms with E-state index in [1.165, 1.54) is 6.33 Å². The minimum absolute atomic E-state index is 0.300. The van der Waals surface area contributed by atoms with Gasteiger partial charge in [0.05, 0.1) is 0 Å². The van der Waals surface area contributed by atoms with Crippen molar-refractivity contribution < 1.29 is 18.3 Å².